The quantitative estimate of drug-likeness (QED) is 0.493. The first-order valence-corrected chi connectivity index (χ1v) is 5.40. The van der Waals surface area contributed by atoms with Gasteiger partial charge in [0.05, 0.1) is 22.3 Å². The van der Waals surface area contributed by atoms with Crippen molar-refractivity contribution in [2.75, 3.05) is 6.54 Å². The Balaban J connectivity index is 2.75. The Morgan fingerprint density at radius 3 is 2.30 bits per heavy atom. The normalized spacial score (nSPS) is 11.3. The van der Waals surface area contributed by atoms with E-state index in [1.54, 1.807) is 0 Å². The molecule has 1 aromatic rings. The summed E-state index contributed by atoms with van der Waals surface area (Å²) < 4.78 is 35.7. The van der Waals surface area contributed by atoms with Gasteiger partial charge < -0.3 is 5.32 Å². The minimum atomic E-state index is -4.31. The maximum Gasteiger partial charge on any atom is 0.390 e. The smallest absolute Gasteiger partial charge is 0.312 e. The molecule has 0 aliphatic heterocycles. The number of halogens is 3. The number of benzene rings is 1. The van der Waals surface area contributed by atoms with Crippen LogP contribution in [0.3, 0.4) is 0 Å². The van der Waals surface area contributed by atoms with E-state index in [2.05, 4.69) is 5.32 Å². The van der Waals surface area contributed by atoms with Crippen molar-refractivity contribution in [1.29, 1.82) is 0 Å². The fraction of sp³-hybridized carbons (Fsp3) is 0.400. The Labute approximate surface area is 110 Å². The molecule has 0 aliphatic carbocycles. The van der Waals surface area contributed by atoms with Gasteiger partial charge in [0.1, 0.15) is 0 Å². The van der Waals surface area contributed by atoms with Gasteiger partial charge in [-0.3, -0.25) is 20.2 Å². The van der Waals surface area contributed by atoms with Gasteiger partial charge in [-0.1, -0.05) is 0 Å². The van der Waals surface area contributed by atoms with E-state index in [0.717, 1.165) is 18.2 Å². The third-order valence-corrected chi connectivity index (χ3v) is 2.38. The standard InChI is InChI=1S/C10H10F3N3O4/c11-10(12,13)3-4-14-6-7-1-2-8(15(17)18)5-9(7)16(19)20/h1-2,5,14H,3-4,6H2. The molecule has 110 valence electrons. The van der Waals surface area contributed by atoms with E-state index < -0.39 is 40.4 Å². The van der Waals surface area contributed by atoms with Crippen molar-refractivity contribution < 1.29 is 23.0 Å². The van der Waals surface area contributed by atoms with Crippen molar-refractivity contribution in [3.63, 3.8) is 0 Å². The van der Waals surface area contributed by atoms with Crippen molar-refractivity contribution in [2.45, 2.75) is 19.1 Å². The lowest BCUT2D eigenvalue weighted by atomic mass is 10.1. The summed E-state index contributed by atoms with van der Waals surface area (Å²) in [5, 5.41) is 23.7. The summed E-state index contributed by atoms with van der Waals surface area (Å²) in [5.41, 5.74) is -0.864. The van der Waals surface area contributed by atoms with Crippen LogP contribution in [-0.4, -0.2) is 22.6 Å². The second-order valence-corrected chi connectivity index (χ2v) is 3.87. The van der Waals surface area contributed by atoms with Crippen molar-refractivity contribution in [1.82, 2.24) is 5.32 Å². The topological polar surface area (TPSA) is 98.3 Å². The van der Waals surface area contributed by atoms with Crippen LogP contribution < -0.4 is 5.32 Å². The Morgan fingerprint density at radius 1 is 1.15 bits per heavy atom. The molecule has 0 saturated carbocycles. The van der Waals surface area contributed by atoms with E-state index in [1.165, 1.54) is 0 Å². The Hall–Kier alpha value is -2.23. The van der Waals surface area contributed by atoms with Gasteiger partial charge in [0.15, 0.2) is 0 Å². The number of nitro groups is 2. The lowest BCUT2D eigenvalue weighted by molar-refractivity contribution is -0.394. The molecular weight excluding hydrogens is 283 g/mol. The molecule has 0 radical (unpaired) electrons. The van der Waals surface area contributed by atoms with Crippen LogP contribution in [-0.2, 0) is 6.54 Å². The average Bonchev–Trinajstić information content (AvgIpc) is 2.33. The SMILES string of the molecule is O=[N+]([O-])c1ccc(CNCCC(F)(F)F)c([N+](=O)[O-])c1. The van der Waals surface area contributed by atoms with Gasteiger partial charge in [-0.15, -0.1) is 0 Å². The van der Waals surface area contributed by atoms with Crippen LogP contribution >= 0.6 is 0 Å². The van der Waals surface area contributed by atoms with E-state index in [-0.39, 0.29) is 12.1 Å². The zero-order valence-electron chi connectivity index (χ0n) is 10.0. The first kappa shape index (κ1) is 15.8. The highest BCUT2D eigenvalue weighted by molar-refractivity contribution is 5.49. The summed E-state index contributed by atoms with van der Waals surface area (Å²) >= 11 is 0. The molecule has 1 rings (SSSR count). The predicted molar refractivity (Wildman–Crippen MR) is 62.1 cm³/mol. The van der Waals surface area contributed by atoms with Gasteiger partial charge >= 0.3 is 6.18 Å². The molecule has 1 aromatic carbocycles. The van der Waals surface area contributed by atoms with Crippen molar-refractivity contribution in [3.05, 3.63) is 44.0 Å². The molecule has 0 spiro atoms. The number of non-ortho nitro benzene ring substituents is 1. The average molecular weight is 293 g/mol. The fourth-order valence-corrected chi connectivity index (χ4v) is 1.44. The lowest BCUT2D eigenvalue weighted by Crippen LogP contribution is -2.21. The predicted octanol–water partition coefficient (Wildman–Crippen LogP) is 2.55. The van der Waals surface area contributed by atoms with Crippen LogP contribution in [0.4, 0.5) is 24.5 Å². The van der Waals surface area contributed by atoms with Gasteiger partial charge in [-0.25, -0.2) is 0 Å². The highest BCUT2D eigenvalue weighted by Crippen LogP contribution is 2.24. The Morgan fingerprint density at radius 2 is 1.80 bits per heavy atom. The van der Waals surface area contributed by atoms with Gasteiger partial charge in [0.25, 0.3) is 11.4 Å². The van der Waals surface area contributed by atoms with Gasteiger partial charge in [0.2, 0.25) is 0 Å². The van der Waals surface area contributed by atoms with E-state index in [0.29, 0.717) is 0 Å². The second kappa shape index (κ2) is 6.28. The van der Waals surface area contributed by atoms with E-state index in [9.17, 15) is 33.4 Å². The fourth-order valence-electron chi connectivity index (χ4n) is 1.44. The number of rotatable bonds is 6. The zero-order valence-corrected chi connectivity index (χ0v) is 10.0. The first-order valence-electron chi connectivity index (χ1n) is 5.40. The maximum atomic E-state index is 11.9. The third kappa shape index (κ3) is 4.80. The minimum Gasteiger partial charge on any atom is -0.312 e. The van der Waals surface area contributed by atoms with Crippen LogP contribution in [0.25, 0.3) is 0 Å². The van der Waals surface area contributed by atoms with E-state index >= 15 is 0 Å². The maximum absolute atomic E-state index is 11.9. The number of nitrogens with zero attached hydrogens (tertiary/aromatic N) is 2. The third-order valence-electron chi connectivity index (χ3n) is 2.38. The highest BCUT2D eigenvalue weighted by Gasteiger charge is 2.26. The minimum absolute atomic E-state index is 0.0859. The molecule has 0 amide bonds. The molecule has 0 saturated heterocycles. The molecule has 0 unspecified atom stereocenters. The molecule has 0 atom stereocenters. The van der Waals surface area contributed by atoms with E-state index in [1.807, 2.05) is 0 Å². The van der Waals surface area contributed by atoms with Crippen molar-refractivity contribution in [2.24, 2.45) is 0 Å². The van der Waals surface area contributed by atoms with Crippen LogP contribution in [0.2, 0.25) is 0 Å². The molecule has 0 fully saturated rings. The van der Waals surface area contributed by atoms with Crippen molar-refractivity contribution >= 4 is 11.4 Å². The molecule has 7 nitrogen and oxygen atoms in total. The van der Waals surface area contributed by atoms with Crippen molar-refractivity contribution in [3.8, 4) is 0 Å². The monoisotopic (exact) mass is 293 g/mol. The molecule has 0 aliphatic rings. The summed E-state index contributed by atoms with van der Waals surface area (Å²) in [7, 11) is 0. The largest absolute Gasteiger partial charge is 0.390 e. The number of hydrogen-bond acceptors (Lipinski definition) is 5. The van der Waals surface area contributed by atoms with Gasteiger partial charge in [-0.2, -0.15) is 13.2 Å². The molecule has 0 bridgehead atoms. The molecule has 0 aromatic heterocycles. The molecule has 1 N–H and O–H groups in total. The number of nitro benzene ring substituents is 2. The summed E-state index contributed by atoms with van der Waals surface area (Å²) in [6, 6.07) is 2.99. The highest BCUT2D eigenvalue weighted by atomic mass is 19.4. The zero-order chi connectivity index (χ0) is 15.3. The molecule has 10 heteroatoms. The van der Waals surface area contributed by atoms with Crippen LogP contribution in [0.15, 0.2) is 18.2 Å². The van der Waals surface area contributed by atoms with Gasteiger partial charge in [-0.05, 0) is 6.07 Å². The molecule has 20 heavy (non-hydrogen) atoms. The lowest BCUT2D eigenvalue weighted by Gasteiger charge is -2.08. The Kier molecular flexibility index (Phi) is 4.97. The van der Waals surface area contributed by atoms with Crippen LogP contribution in [0.1, 0.15) is 12.0 Å². The number of hydrogen-bond donors (Lipinski definition) is 1. The summed E-state index contributed by atoms with van der Waals surface area (Å²) in [4.78, 5) is 19.7. The summed E-state index contributed by atoms with van der Waals surface area (Å²) in [6.07, 6.45) is -5.37. The molecular formula is C10H10F3N3O4. The first-order chi connectivity index (χ1) is 9.20. The summed E-state index contributed by atoms with van der Waals surface area (Å²) in [6.45, 7) is -0.567. The number of nitrogens with one attached hydrogen (secondary N) is 1. The summed E-state index contributed by atoms with van der Waals surface area (Å²) in [5.74, 6) is 0. The van der Waals surface area contributed by atoms with Crippen LogP contribution in [0, 0.1) is 20.2 Å². The Bertz CT molecular complexity index is 519. The van der Waals surface area contributed by atoms with E-state index in [4.69, 9.17) is 0 Å². The second-order valence-electron chi connectivity index (χ2n) is 3.87. The number of alkyl halides is 3. The van der Waals surface area contributed by atoms with Crippen LogP contribution in [0.5, 0.6) is 0 Å². The van der Waals surface area contributed by atoms with Gasteiger partial charge in [0, 0.05) is 24.7 Å². The molecule has 0 heterocycles.